The molecule has 2 heterocycles. The highest BCUT2D eigenvalue weighted by atomic mass is 16.1. The van der Waals surface area contributed by atoms with E-state index in [9.17, 15) is 4.79 Å². The van der Waals surface area contributed by atoms with Gasteiger partial charge in [0.2, 0.25) is 0 Å². The van der Waals surface area contributed by atoms with Crippen molar-refractivity contribution >= 4 is 16.8 Å². The molecule has 2 unspecified atom stereocenters. The molecule has 4 nitrogen and oxygen atoms in total. The van der Waals surface area contributed by atoms with Crippen LogP contribution in [0.2, 0.25) is 0 Å². The largest absolute Gasteiger partial charge is 0.348 e. The van der Waals surface area contributed by atoms with Crippen LogP contribution < -0.4 is 10.6 Å². The number of nitrogens with zero attached hydrogens (tertiary/aromatic N) is 1. The van der Waals surface area contributed by atoms with E-state index in [0.717, 1.165) is 41.5 Å². The Balaban J connectivity index is 1.90. The molecule has 21 heavy (non-hydrogen) atoms. The Morgan fingerprint density at radius 2 is 2.19 bits per heavy atom. The van der Waals surface area contributed by atoms with Gasteiger partial charge in [-0.3, -0.25) is 9.78 Å². The minimum Gasteiger partial charge on any atom is -0.348 e. The standard InChI is InChI=1S/C17H21N3O/c1-11-10-14(13-6-3-4-7-16(13)19-11)17(21)20-15-8-5-9-18-12(15)2/h3-4,6-7,10,12,15,18H,5,8-9H2,1-2H3,(H,20,21). The SMILES string of the molecule is Cc1cc(C(=O)NC2CCCNC2C)c2ccccc2n1. The maximum Gasteiger partial charge on any atom is 0.252 e. The first-order chi connectivity index (χ1) is 10.1. The first kappa shape index (κ1) is 14.0. The molecule has 0 bridgehead atoms. The quantitative estimate of drug-likeness (QED) is 0.890. The van der Waals surface area contributed by atoms with Crippen molar-refractivity contribution in [2.75, 3.05) is 6.54 Å². The number of carbonyl (C=O) groups excluding carboxylic acids is 1. The lowest BCUT2D eigenvalue weighted by atomic mass is 9.99. The van der Waals surface area contributed by atoms with Gasteiger partial charge in [0.1, 0.15) is 0 Å². The Labute approximate surface area is 125 Å². The van der Waals surface area contributed by atoms with Crippen LogP contribution in [0.15, 0.2) is 30.3 Å². The summed E-state index contributed by atoms with van der Waals surface area (Å²) < 4.78 is 0. The number of amides is 1. The minimum absolute atomic E-state index is 0.00255. The third-order valence-electron chi connectivity index (χ3n) is 4.17. The van der Waals surface area contributed by atoms with Crippen LogP contribution in [0.1, 0.15) is 35.8 Å². The molecular weight excluding hydrogens is 262 g/mol. The third-order valence-corrected chi connectivity index (χ3v) is 4.17. The predicted molar refractivity (Wildman–Crippen MR) is 84.4 cm³/mol. The number of piperidine rings is 1. The zero-order valence-corrected chi connectivity index (χ0v) is 12.5. The number of pyridine rings is 1. The molecule has 2 aromatic rings. The predicted octanol–water partition coefficient (Wildman–Crippen LogP) is 2.41. The average molecular weight is 283 g/mol. The summed E-state index contributed by atoms with van der Waals surface area (Å²) in [6.07, 6.45) is 2.13. The zero-order valence-electron chi connectivity index (χ0n) is 12.5. The molecule has 0 radical (unpaired) electrons. The van der Waals surface area contributed by atoms with E-state index in [2.05, 4.69) is 22.5 Å². The van der Waals surface area contributed by atoms with E-state index in [-0.39, 0.29) is 11.9 Å². The molecule has 2 N–H and O–H groups in total. The van der Waals surface area contributed by atoms with Crippen molar-refractivity contribution < 1.29 is 4.79 Å². The second kappa shape index (κ2) is 5.82. The number of benzene rings is 1. The van der Waals surface area contributed by atoms with Crippen LogP contribution in [-0.2, 0) is 0 Å². The topological polar surface area (TPSA) is 54.0 Å². The number of hydrogen-bond acceptors (Lipinski definition) is 3. The summed E-state index contributed by atoms with van der Waals surface area (Å²) in [6.45, 7) is 5.08. The highest BCUT2D eigenvalue weighted by Crippen LogP contribution is 2.19. The second-order valence-corrected chi connectivity index (χ2v) is 5.79. The lowest BCUT2D eigenvalue weighted by molar-refractivity contribution is 0.0921. The van der Waals surface area contributed by atoms with E-state index in [4.69, 9.17) is 0 Å². The molecule has 0 aliphatic carbocycles. The molecule has 1 aromatic carbocycles. The lowest BCUT2D eigenvalue weighted by Gasteiger charge is -2.30. The molecule has 1 aliphatic rings. The molecule has 0 spiro atoms. The summed E-state index contributed by atoms with van der Waals surface area (Å²) in [5.41, 5.74) is 2.46. The Kier molecular flexibility index (Phi) is 3.88. The van der Waals surface area contributed by atoms with Crippen molar-refractivity contribution in [3.63, 3.8) is 0 Å². The smallest absolute Gasteiger partial charge is 0.252 e. The second-order valence-electron chi connectivity index (χ2n) is 5.79. The highest BCUT2D eigenvalue weighted by Gasteiger charge is 2.23. The fourth-order valence-electron chi connectivity index (χ4n) is 2.98. The summed E-state index contributed by atoms with van der Waals surface area (Å²) >= 11 is 0. The Morgan fingerprint density at radius 3 is 3.00 bits per heavy atom. The lowest BCUT2D eigenvalue weighted by Crippen LogP contribution is -2.51. The van der Waals surface area contributed by atoms with Crippen molar-refractivity contribution in [2.24, 2.45) is 0 Å². The van der Waals surface area contributed by atoms with Crippen molar-refractivity contribution in [3.05, 3.63) is 41.6 Å². The van der Waals surface area contributed by atoms with E-state index in [1.165, 1.54) is 0 Å². The fraction of sp³-hybridized carbons (Fsp3) is 0.412. The highest BCUT2D eigenvalue weighted by molar-refractivity contribution is 6.06. The summed E-state index contributed by atoms with van der Waals surface area (Å²) in [7, 11) is 0. The van der Waals surface area contributed by atoms with Crippen LogP contribution in [0, 0.1) is 6.92 Å². The first-order valence-corrected chi connectivity index (χ1v) is 7.56. The van der Waals surface area contributed by atoms with Crippen LogP contribution in [0.4, 0.5) is 0 Å². The molecule has 1 saturated heterocycles. The monoisotopic (exact) mass is 283 g/mol. The number of aromatic nitrogens is 1. The van der Waals surface area contributed by atoms with Gasteiger partial charge in [-0.1, -0.05) is 18.2 Å². The summed E-state index contributed by atoms with van der Waals surface area (Å²) in [4.78, 5) is 17.1. The van der Waals surface area contributed by atoms with Gasteiger partial charge in [-0.05, 0) is 45.4 Å². The van der Waals surface area contributed by atoms with E-state index in [1.54, 1.807) is 0 Å². The summed E-state index contributed by atoms with van der Waals surface area (Å²) in [5.74, 6) is -0.00255. The maximum atomic E-state index is 12.7. The van der Waals surface area contributed by atoms with Gasteiger partial charge in [0.15, 0.2) is 0 Å². The van der Waals surface area contributed by atoms with Gasteiger partial charge in [0.25, 0.3) is 5.91 Å². The number of hydrogen-bond donors (Lipinski definition) is 2. The maximum absolute atomic E-state index is 12.7. The Bertz CT molecular complexity index is 668. The molecule has 110 valence electrons. The van der Waals surface area contributed by atoms with Gasteiger partial charge in [-0.2, -0.15) is 0 Å². The molecule has 1 amide bonds. The minimum atomic E-state index is -0.00255. The van der Waals surface area contributed by atoms with Crippen molar-refractivity contribution in [1.29, 1.82) is 0 Å². The number of para-hydroxylation sites is 1. The van der Waals surface area contributed by atoms with Gasteiger partial charge in [0.05, 0.1) is 11.1 Å². The Hall–Kier alpha value is -1.94. The van der Waals surface area contributed by atoms with Crippen LogP contribution >= 0.6 is 0 Å². The zero-order chi connectivity index (χ0) is 14.8. The summed E-state index contributed by atoms with van der Waals surface area (Å²) in [6, 6.07) is 10.2. The molecule has 0 saturated carbocycles. The van der Waals surface area contributed by atoms with Gasteiger partial charge in [0, 0.05) is 23.2 Å². The first-order valence-electron chi connectivity index (χ1n) is 7.56. The summed E-state index contributed by atoms with van der Waals surface area (Å²) in [5, 5.41) is 7.50. The number of nitrogens with one attached hydrogen (secondary N) is 2. The number of fused-ring (bicyclic) bond motifs is 1. The van der Waals surface area contributed by atoms with E-state index >= 15 is 0 Å². The molecular formula is C17H21N3O. The van der Waals surface area contributed by atoms with Crippen molar-refractivity contribution in [1.82, 2.24) is 15.6 Å². The Morgan fingerprint density at radius 1 is 1.38 bits per heavy atom. The molecule has 1 aliphatic heterocycles. The van der Waals surface area contributed by atoms with Gasteiger partial charge in [-0.25, -0.2) is 0 Å². The molecule has 1 aromatic heterocycles. The van der Waals surface area contributed by atoms with E-state index in [1.807, 2.05) is 37.3 Å². The van der Waals surface area contributed by atoms with Gasteiger partial charge in [-0.15, -0.1) is 0 Å². The van der Waals surface area contributed by atoms with Crippen LogP contribution in [-0.4, -0.2) is 29.5 Å². The van der Waals surface area contributed by atoms with E-state index in [0.29, 0.717) is 6.04 Å². The number of carbonyl (C=O) groups is 1. The molecule has 2 atom stereocenters. The van der Waals surface area contributed by atoms with Gasteiger partial charge >= 0.3 is 0 Å². The molecule has 4 heteroatoms. The van der Waals surface area contributed by atoms with Crippen LogP contribution in [0.5, 0.6) is 0 Å². The average Bonchev–Trinajstić information content (AvgIpc) is 2.48. The normalized spacial score (nSPS) is 22.2. The fourth-order valence-corrected chi connectivity index (χ4v) is 2.98. The van der Waals surface area contributed by atoms with E-state index < -0.39 is 0 Å². The van der Waals surface area contributed by atoms with Crippen molar-refractivity contribution in [3.8, 4) is 0 Å². The number of aryl methyl sites for hydroxylation is 1. The van der Waals surface area contributed by atoms with Crippen LogP contribution in [0.3, 0.4) is 0 Å². The number of rotatable bonds is 2. The van der Waals surface area contributed by atoms with Gasteiger partial charge < -0.3 is 10.6 Å². The molecule has 1 fully saturated rings. The molecule has 3 rings (SSSR count). The van der Waals surface area contributed by atoms with Crippen molar-refractivity contribution in [2.45, 2.75) is 38.8 Å². The third kappa shape index (κ3) is 2.90. The van der Waals surface area contributed by atoms with Crippen LogP contribution in [0.25, 0.3) is 10.9 Å².